The number of hydrogen-bond acceptors (Lipinski definition) is 2. The molecule has 0 bridgehead atoms. The number of nitrogens with two attached hydrogens (primary N) is 1. The van der Waals surface area contributed by atoms with E-state index in [0.717, 1.165) is 32.0 Å². The zero-order valence-electron chi connectivity index (χ0n) is 10.6. The van der Waals surface area contributed by atoms with Gasteiger partial charge in [-0.05, 0) is 43.0 Å². The lowest BCUT2D eigenvalue weighted by molar-refractivity contribution is 0.292. The van der Waals surface area contributed by atoms with Crippen molar-refractivity contribution >= 4 is 0 Å². The average molecular weight is 232 g/mol. The van der Waals surface area contributed by atoms with Gasteiger partial charge in [-0.2, -0.15) is 0 Å². The molecule has 2 rings (SSSR count). The third-order valence-electron chi connectivity index (χ3n) is 3.80. The number of hydrogen-bond donors (Lipinski definition) is 2. The Labute approximate surface area is 105 Å². The highest BCUT2D eigenvalue weighted by Crippen LogP contribution is 2.28. The summed E-state index contributed by atoms with van der Waals surface area (Å²) in [5.74, 6) is 1.00. The normalized spacial score (nSPS) is 15.8. The van der Waals surface area contributed by atoms with E-state index in [9.17, 15) is 0 Å². The molecule has 2 nitrogen and oxygen atoms in total. The van der Waals surface area contributed by atoms with Crippen LogP contribution in [-0.2, 0) is 13.0 Å². The molecule has 0 spiro atoms. The van der Waals surface area contributed by atoms with Crippen molar-refractivity contribution in [3.63, 3.8) is 0 Å². The van der Waals surface area contributed by atoms with Gasteiger partial charge in [-0.1, -0.05) is 43.5 Å². The molecule has 2 heteroatoms. The van der Waals surface area contributed by atoms with E-state index in [-0.39, 0.29) is 0 Å². The minimum absolute atomic E-state index is 0.735. The summed E-state index contributed by atoms with van der Waals surface area (Å²) in [6.45, 7) is 2.88. The Balaban J connectivity index is 1.73. The Morgan fingerprint density at radius 2 is 1.94 bits per heavy atom. The molecule has 1 aromatic carbocycles. The summed E-state index contributed by atoms with van der Waals surface area (Å²) in [4.78, 5) is 0. The molecule has 1 aromatic rings. The molecule has 0 amide bonds. The lowest BCUT2D eigenvalue weighted by Gasteiger charge is -2.25. The van der Waals surface area contributed by atoms with Crippen LogP contribution in [0.3, 0.4) is 0 Å². The van der Waals surface area contributed by atoms with Crippen molar-refractivity contribution in [1.29, 1.82) is 0 Å². The second-order valence-electron chi connectivity index (χ2n) is 5.07. The smallest absolute Gasteiger partial charge is 0.0208 e. The lowest BCUT2D eigenvalue weighted by Crippen LogP contribution is -2.21. The Kier molecular flexibility index (Phi) is 5.02. The lowest BCUT2D eigenvalue weighted by atomic mass is 9.83. The van der Waals surface area contributed by atoms with Gasteiger partial charge in [0.2, 0.25) is 0 Å². The van der Waals surface area contributed by atoms with E-state index in [0.29, 0.717) is 0 Å². The van der Waals surface area contributed by atoms with Gasteiger partial charge in [-0.15, -0.1) is 0 Å². The van der Waals surface area contributed by atoms with Gasteiger partial charge in [0.25, 0.3) is 0 Å². The molecule has 17 heavy (non-hydrogen) atoms. The zero-order chi connectivity index (χ0) is 11.9. The molecule has 1 aliphatic carbocycles. The fourth-order valence-corrected chi connectivity index (χ4v) is 2.44. The minimum Gasteiger partial charge on any atom is -0.330 e. The molecule has 1 aliphatic rings. The first kappa shape index (κ1) is 12.6. The molecule has 3 N–H and O–H groups in total. The monoisotopic (exact) mass is 232 g/mol. The molecule has 0 aliphatic heterocycles. The van der Waals surface area contributed by atoms with Crippen molar-refractivity contribution in [3.05, 3.63) is 35.4 Å². The van der Waals surface area contributed by atoms with Crippen molar-refractivity contribution in [2.75, 3.05) is 13.1 Å². The van der Waals surface area contributed by atoms with Crippen molar-refractivity contribution in [1.82, 2.24) is 5.32 Å². The van der Waals surface area contributed by atoms with Gasteiger partial charge in [-0.3, -0.25) is 0 Å². The zero-order valence-corrected chi connectivity index (χ0v) is 10.6. The van der Waals surface area contributed by atoms with Crippen LogP contribution < -0.4 is 11.1 Å². The molecule has 0 heterocycles. The summed E-state index contributed by atoms with van der Waals surface area (Å²) < 4.78 is 0. The van der Waals surface area contributed by atoms with E-state index in [1.165, 1.54) is 36.8 Å². The summed E-state index contributed by atoms with van der Waals surface area (Å²) in [5.41, 5.74) is 8.43. The topological polar surface area (TPSA) is 38.0 Å². The van der Waals surface area contributed by atoms with Gasteiger partial charge in [0.05, 0.1) is 0 Å². The van der Waals surface area contributed by atoms with Gasteiger partial charge >= 0.3 is 0 Å². The summed E-state index contributed by atoms with van der Waals surface area (Å²) in [6, 6.07) is 8.61. The third-order valence-corrected chi connectivity index (χ3v) is 3.80. The first-order valence-electron chi connectivity index (χ1n) is 6.87. The van der Waals surface area contributed by atoms with Crippen LogP contribution in [0.4, 0.5) is 0 Å². The van der Waals surface area contributed by atoms with E-state index in [2.05, 4.69) is 29.6 Å². The summed E-state index contributed by atoms with van der Waals surface area (Å²) >= 11 is 0. The molecule has 0 aromatic heterocycles. The standard InChI is InChI=1S/C15H24N2/c16-10-8-14-6-1-2-7-15(14)12-17-11-9-13-4-3-5-13/h1-2,6-7,13,17H,3-5,8-12,16H2. The maximum Gasteiger partial charge on any atom is 0.0208 e. The average Bonchev–Trinajstić information content (AvgIpc) is 2.29. The second kappa shape index (κ2) is 6.77. The Hall–Kier alpha value is -0.860. The SMILES string of the molecule is NCCc1ccccc1CNCCC1CCC1. The Morgan fingerprint density at radius 3 is 2.59 bits per heavy atom. The molecule has 0 saturated heterocycles. The molecule has 0 unspecified atom stereocenters. The molecule has 94 valence electrons. The van der Waals surface area contributed by atoms with E-state index < -0.39 is 0 Å². The van der Waals surface area contributed by atoms with Crippen LogP contribution in [-0.4, -0.2) is 13.1 Å². The van der Waals surface area contributed by atoms with Crippen molar-refractivity contribution in [2.24, 2.45) is 11.7 Å². The highest BCUT2D eigenvalue weighted by Gasteiger charge is 2.16. The van der Waals surface area contributed by atoms with Crippen molar-refractivity contribution in [3.8, 4) is 0 Å². The predicted molar refractivity (Wildman–Crippen MR) is 72.9 cm³/mol. The highest BCUT2D eigenvalue weighted by molar-refractivity contribution is 5.27. The van der Waals surface area contributed by atoms with Crippen LogP contribution in [0.5, 0.6) is 0 Å². The first-order chi connectivity index (χ1) is 8.40. The number of rotatable bonds is 7. The van der Waals surface area contributed by atoms with Crippen LogP contribution >= 0.6 is 0 Å². The third kappa shape index (κ3) is 3.83. The van der Waals surface area contributed by atoms with E-state index in [1.54, 1.807) is 0 Å². The van der Waals surface area contributed by atoms with Crippen LogP contribution in [0.1, 0.15) is 36.8 Å². The molecular weight excluding hydrogens is 208 g/mol. The maximum atomic E-state index is 5.63. The molecule has 0 atom stereocenters. The van der Waals surface area contributed by atoms with Gasteiger partial charge in [-0.25, -0.2) is 0 Å². The molecule has 1 saturated carbocycles. The summed E-state index contributed by atoms with van der Waals surface area (Å²) in [5, 5.41) is 3.56. The van der Waals surface area contributed by atoms with Crippen LogP contribution in [0.15, 0.2) is 24.3 Å². The molecule has 1 fully saturated rings. The Bertz CT molecular complexity index is 331. The fraction of sp³-hybridized carbons (Fsp3) is 0.600. The van der Waals surface area contributed by atoms with Crippen LogP contribution in [0.2, 0.25) is 0 Å². The van der Waals surface area contributed by atoms with Gasteiger partial charge in [0.1, 0.15) is 0 Å². The second-order valence-corrected chi connectivity index (χ2v) is 5.07. The van der Waals surface area contributed by atoms with Crippen molar-refractivity contribution in [2.45, 2.75) is 38.6 Å². The van der Waals surface area contributed by atoms with E-state index in [4.69, 9.17) is 5.73 Å². The predicted octanol–water partition coefficient (Wildman–Crippen LogP) is 2.47. The molecule has 0 radical (unpaired) electrons. The number of benzene rings is 1. The maximum absolute atomic E-state index is 5.63. The van der Waals surface area contributed by atoms with Gasteiger partial charge in [0, 0.05) is 6.54 Å². The van der Waals surface area contributed by atoms with E-state index in [1.807, 2.05) is 0 Å². The summed E-state index contributed by atoms with van der Waals surface area (Å²) in [7, 11) is 0. The Morgan fingerprint density at radius 1 is 1.18 bits per heavy atom. The van der Waals surface area contributed by atoms with Gasteiger partial charge in [0.15, 0.2) is 0 Å². The van der Waals surface area contributed by atoms with Crippen molar-refractivity contribution < 1.29 is 0 Å². The van der Waals surface area contributed by atoms with Crippen LogP contribution in [0, 0.1) is 5.92 Å². The first-order valence-corrected chi connectivity index (χ1v) is 6.87. The van der Waals surface area contributed by atoms with Gasteiger partial charge < -0.3 is 11.1 Å². The molecular formula is C15H24N2. The van der Waals surface area contributed by atoms with E-state index >= 15 is 0 Å². The number of nitrogens with one attached hydrogen (secondary N) is 1. The quantitative estimate of drug-likeness (QED) is 0.709. The summed E-state index contributed by atoms with van der Waals surface area (Å²) in [6.07, 6.45) is 6.68. The van der Waals surface area contributed by atoms with Crippen LogP contribution in [0.25, 0.3) is 0 Å². The fourth-order valence-electron chi connectivity index (χ4n) is 2.44. The minimum atomic E-state index is 0.735. The highest BCUT2D eigenvalue weighted by atomic mass is 14.8. The largest absolute Gasteiger partial charge is 0.330 e.